The smallest absolute Gasteiger partial charge is 0.253 e. The molecule has 0 radical (unpaired) electrons. The van der Waals surface area contributed by atoms with Crippen molar-refractivity contribution in [1.82, 2.24) is 10.3 Å². The minimum absolute atomic E-state index is 0.0917. The largest absolute Gasteiger partial charge is 0.354 e. The van der Waals surface area contributed by atoms with E-state index < -0.39 is 0 Å². The van der Waals surface area contributed by atoms with Gasteiger partial charge >= 0.3 is 0 Å². The van der Waals surface area contributed by atoms with Crippen LogP contribution in [0.2, 0.25) is 0 Å². The lowest BCUT2D eigenvalue weighted by Crippen LogP contribution is -2.31. The van der Waals surface area contributed by atoms with E-state index in [1.165, 1.54) is 11.1 Å². The van der Waals surface area contributed by atoms with Gasteiger partial charge in [0.2, 0.25) is 0 Å². The molecule has 2 rings (SSSR count). The highest BCUT2D eigenvalue weighted by atomic mass is 16.1. The summed E-state index contributed by atoms with van der Waals surface area (Å²) in [4.78, 5) is 16.3. The molecule has 0 aliphatic rings. The third-order valence-electron chi connectivity index (χ3n) is 3.50. The molecule has 0 bridgehead atoms. The number of nitrogens with zero attached hydrogens (tertiary/aromatic N) is 1. The van der Waals surface area contributed by atoms with E-state index in [4.69, 9.17) is 0 Å². The van der Waals surface area contributed by atoms with Crippen LogP contribution in [0.1, 0.15) is 41.8 Å². The van der Waals surface area contributed by atoms with Gasteiger partial charge in [0.1, 0.15) is 0 Å². The quantitative estimate of drug-likeness (QED) is 0.878. The zero-order valence-electron chi connectivity index (χ0n) is 13.6. The normalized spacial score (nSPS) is 11.8. The molecule has 1 amide bonds. The van der Waals surface area contributed by atoms with Gasteiger partial charge in [-0.1, -0.05) is 13.0 Å². The number of pyridine rings is 1. The molecule has 0 aliphatic carbocycles. The van der Waals surface area contributed by atoms with E-state index in [1.807, 2.05) is 19.9 Å². The topological polar surface area (TPSA) is 54.0 Å². The number of carbonyl (C=O) groups excluding carboxylic acids is 1. The summed E-state index contributed by atoms with van der Waals surface area (Å²) in [5.41, 5.74) is 4.76. The van der Waals surface area contributed by atoms with Crippen LogP contribution in [0.15, 0.2) is 36.7 Å². The summed E-state index contributed by atoms with van der Waals surface area (Å²) in [6.45, 7) is 8.16. The number of aryl methyl sites for hydroxylation is 2. The molecular weight excluding hydrogens is 274 g/mol. The van der Waals surface area contributed by atoms with Crippen LogP contribution in [-0.2, 0) is 0 Å². The predicted molar refractivity (Wildman–Crippen MR) is 90.7 cm³/mol. The van der Waals surface area contributed by atoms with Crippen molar-refractivity contribution in [3.63, 3.8) is 0 Å². The molecule has 0 fully saturated rings. The summed E-state index contributed by atoms with van der Waals surface area (Å²) in [5.74, 6) is -0.0917. The van der Waals surface area contributed by atoms with Gasteiger partial charge in [-0.15, -0.1) is 0 Å². The van der Waals surface area contributed by atoms with Gasteiger partial charge in [-0.3, -0.25) is 9.78 Å². The Balaban J connectivity index is 2.16. The summed E-state index contributed by atoms with van der Waals surface area (Å²) in [7, 11) is 0. The molecule has 2 aromatic rings. The lowest BCUT2D eigenvalue weighted by molar-refractivity contribution is 0.0939. The van der Waals surface area contributed by atoms with E-state index in [9.17, 15) is 4.79 Å². The number of anilines is 2. The average molecular weight is 297 g/mol. The first-order valence-electron chi connectivity index (χ1n) is 7.59. The first-order chi connectivity index (χ1) is 10.5. The second-order valence-electron chi connectivity index (χ2n) is 5.75. The Kier molecular flexibility index (Phi) is 5.15. The van der Waals surface area contributed by atoms with Crippen LogP contribution in [0.3, 0.4) is 0 Å². The maximum atomic E-state index is 12.1. The monoisotopic (exact) mass is 297 g/mol. The Labute approximate surface area is 132 Å². The maximum Gasteiger partial charge on any atom is 0.253 e. The summed E-state index contributed by atoms with van der Waals surface area (Å²) in [6, 6.07) is 8.24. The number of hydrogen-bond donors (Lipinski definition) is 2. The molecule has 22 heavy (non-hydrogen) atoms. The molecule has 0 saturated heterocycles. The Bertz CT molecular complexity index is 647. The zero-order valence-corrected chi connectivity index (χ0v) is 13.6. The van der Waals surface area contributed by atoms with E-state index in [0.717, 1.165) is 17.8 Å². The van der Waals surface area contributed by atoms with Crippen LogP contribution in [-0.4, -0.2) is 16.9 Å². The number of benzene rings is 1. The zero-order chi connectivity index (χ0) is 16.1. The van der Waals surface area contributed by atoms with E-state index in [1.54, 1.807) is 12.4 Å². The number of aromatic nitrogens is 1. The number of carbonyl (C=O) groups is 1. The van der Waals surface area contributed by atoms with Gasteiger partial charge in [-0.25, -0.2) is 0 Å². The van der Waals surface area contributed by atoms with Crippen molar-refractivity contribution < 1.29 is 4.79 Å². The first kappa shape index (κ1) is 16.0. The number of hydrogen-bond acceptors (Lipinski definition) is 3. The molecule has 1 atom stereocenters. The van der Waals surface area contributed by atoms with Crippen LogP contribution in [0.25, 0.3) is 0 Å². The molecule has 2 N–H and O–H groups in total. The second kappa shape index (κ2) is 7.07. The Hall–Kier alpha value is -2.36. The van der Waals surface area contributed by atoms with E-state index >= 15 is 0 Å². The maximum absolute atomic E-state index is 12.1. The van der Waals surface area contributed by atoms with Crippen LogP contribution < -0.4 is 10.6 Å². The molecule has 4 heteroatoms. The molecular formula is C18H23N3O. The summed E-state index contributed by atoms with van der Waals surface area (Å²) in [6.07, 6.45) is 4.21. The summed E-state index contributed by atoms with van der Waals surface area (Å²) >= 11 is 0. The van der Waals surface area contributed by atoms with Gasteiger partial charge in [-0.2, -0.15) is 0 Å². The van der Waals surface area contributed by atoms with Gasteiger partial charge in [0.25, 0.3) is 5.91 Å². The van der Waals surface area contributed by atoms with Crippen molar-refractivity contribution in [2.24, 2.45) is 0 Å². The van der Waals surface area contributed by atoms with Crippen LogP contribution in [0.5, 0.6) is 0 Å². The molecule has 1 unspecified atom stereocenters. The van der Waals surface area contributed by atoms with Crippen LogP contribution in [0, 0.1) is 13.8 Å². The molecule has 4 nitrogen and oxygen atoms in total. The second-order valence-corrected chi connectivity index (χ2v) is 5.75. The van der Waals surface area contributed by atoms with Gasteiger partial charge < -0.3 is 10.6 Å². The molecule has 1 heterocycles. The predicted octanol–water partition coefficient (Wildman–Crippen LogP) is 3.97. The average Bonchev–Trinajstić information content (AvgIpc) is 2.46. The highest BCUT2D eigenvalue weighted by Gasteiger charge is 2.09. The fourth-order valence-electron chi connectivity index (χ4n) is 2.26. The molecule has 1 aromatic carbocycles. The van der Waals surface area contributed by atoms with Crippen molar-refractivity contribution in [2.45, 2.75) is 40.2 Å². The molecule has 116 valence electrons. The highest BCUT2D eigenvalue weighted by Crippen LogP contribution is 2.19. The van der Waals surface area contributed by atoms with Gasteiger partial charge in [0.15, 0.2) is 0 Å². The molecule has 0 saturated carbocycles. The van der Waals surface area contributed by atoms with Crippen molar-refractivity contribution in [3.05, 3.63) is 53.3 Å². The third-order valence-corrected chi connectivity index (χ3v) is 3.50. The Morgan fingerprint density at radius 2 is 1.77 bits per heavy atom. The minimum atomic E-state index is -0.0917. The molecule has 1 aromatic heterocycles. The minimum Gasteiger partial charge on any atom is -0.354 e. The standard InChI is InChI=1S/C18H23N3O/c1-5-14(4)20-18(22)15-9-17(11-19-10-15)21-16-7-12(2)6-13(3)8-16/h6-11,14,21H,5H2,1-4H3,(H,20,22). The van der Waals surface area contributed by atoms with Crippen molar-refractivity contribution in [2.75, 3.05) is 5.32 Å². The molecule has 0 spiro atoms. The SMILES string of the molecule is CCC(C)NC(=O)c1cncc(Nc2cc(C)cc(C)c2)c1. The third kappa shape index (κ3) is 4.32. The number of rotatable bonds is 5. The van der Waals surface area contributed by atoms with Crippen molar-refractivity contribution in [3.8, 4) is 0 Å². The highest BCUT2D eigenvalue weighted by molar-refractivity contribution is 5.95. The summed E-state index contributed by atoms with van der Waals surface area (Å²) < 4.78 is 0. The molecule has 0 aliphatic heterocycles. The van der Waals surface area contributed by atoms with Crippen LogP contribution in [0.4, 0.5) is 11.4 Å². The van der Waals surface area contributed by atoms with E-state index in [2.05, 4.69) is 47.7 Å². The number of nitrogens with one attached hydrogen (secondary N) is 2. The number of amides is 1. The van der Waals surface area contributed by atoms with E-state index in [0.29, 0.717) is 5.56 Å². The van der Waals surface area contributed by atoms with Gasteiger partial charge in [0.05, 0.1) is 17.4 Å². The van der Waals surface area contributed by atoms with Crippen LogP contribution >= 0.6 is 0 Å². The van der Waals surface area contributed by atoms with Crippen molar-refractivity contribution in [1.29, 1.82) is 0 Å². The lowest BCUT2D eigenvalue weighted by Gasteiger charge is -2.12. The fraction of sp³-hybridized carbons (Fsp3) is 0.333. The van der Waals surface area contributed by atoms with Gasteiger partial charge in [-0.05, 0) is 56.5 Å². The lowest BCUT2D eigenvalue weighted by atomic mass is 10.1. The Morgan fingerprint density at radius 3 is 2.41 bits per heavy atom. The van der Waals surface area contributed by atoms with Gasteiger partial charge in [0, 0.05) is 17.9 Å². The van der Waals surface area contributed by atoms with E-state index in [-0.39, 0.29) is 11.9 Å². The van der Waals surface area contributed by atoms with Crippen molar-refractivity contribution >= 4 is 17.3 Å². The fourth-order valence-corrected chi connectivity index (χ4v) is 2.26. The summed E-state index contributed by atoms with van der Waals surface area (Å²) in [5, 5.41) is 6.25. The Morgan fingerprint density at radius 1 is 1.09 bits per heavy atom. The first-order valence-corrected chi connectivity index (χ1v) is 7.59.